The van der Waals surface area contributed by atoms with Crippen LogP contribution in [0.1, 0.15) is 5.56 Å². The molecule has 76 valence electrons. The van der Waals surface area contributed by atoms with Crippen LogP contribution in [0, 0.1) is 0 Å². The summed E-state index contributed by atoms with van der Waals surface area (Å²) in [6.45, 7) is 0.932. The Labute approximate surface area is 82.1 Å². The van der Waals surface area contributed by atoms with Crippen LogP contribution in [-0.4, -0.2) is 30.4 Å². The summed E-state index contributed by atoms with van der Waals surface area (Å²) in [5.74, 6) is 0.418. The van der Waals surface area contributed by atoms with Crippen molar-refractivity contribution in [3.63, 3.8) is 0 Å². The predicted molar refractivity (Wildman–Crippen MR) is 51.4 cm³/mol. The summed E-state index contributed by atoms with van der Waals surface area (Å²) < 4.78 is 4.97. The number of hydrogen-bond acceptors (Lipinski definition) is 4. The van der Waals surface area contributed by atoms with Crippen molar-refractivity contribution in [3.8, 4) is 11.5 Å². The summed E-state index contributed by atoms with van der Waals surface area (Å²) in [6.07, 6.45) is 0. The third kappa shape index (κ3) is 1.23. The predicted octanol–water partition coefficient (Wildman–Crippen LogP) is 0.192. The minimum atomic E-state index is -0.946. The third-order valence-corrected chi connectivity index (χ3v) is 2.56. The molecule has 4 nitrogen and oxygen atoms in total. The number of aromatic hydroxyl groups is 1. The fourth-order valence-corrected chi connectivity index (χ4v) is 1.61. The van der Waals surface area contributed by atoms with Crippen LogP contribution in [0.3, 0.4) is 0 Å². The van der Waals surface area contributed by atoms with Gasteiger partial charge in [-0.15, -0.1) is 0 Å². The summed E-state index contributed by atoms with van der Waals surface area (Å²) in [6, 6.07) is 5.12. The highest BCUT2D eigenvalue weighted by Crippen LogP contribution is 2.37. The Morgan fingerprint density at radius 3 is 2.64 bits per heavy atom. The summed E-state index contributed by atoms with van der Waals surface area (Å²) in [4.78, 5) is 0. The lowest BCUT2D eigenvalue weighted by atomic mass is 9.87. The molecule has 0 spiro atoms. The number of para-hydroxylation sites is 1. The highest BCUT2D eigenvalue weighted by atomic mass is 16.5. The summed E-state index contributed by atoms with van der Waals surface area (Å²) >= 11 is 0. The van der Waals surface area contributed by atoms with E-state index in [1.165, 1.54) is 7.11 Å². The van der Waals surface area contributed by atoms with Crippen molar-refractivity contribution in [3.05, 3.63) is 23.8 Å². The van der Waals surface area contributed by atoms with E-state index in [0.29, 0.717) is 24.4 Å². The lowest BCUT2D eigenvalue weighted by molar-refractivity contribution is -0.0166. The smallest absolute Gasteiger partial charge is 0.163 e. The number of hydrogen-bond donors (Lipinski definition) is 3. The molecular weight excluding hydrogens is 182 g/mol. The first kappa shape index (κ1) is 9.30. The second-order valence-corrected chi connectivity index (χ2v) is 3.49. The van der Waals surface area contributed by atoms with Crippen LogP contribution in [0.15, 0.2) is 18.2 Å². The largest absolute Gasteiger partial charge is 0.504 e. The molecule has 0 atom stereocenters. The van der Waals surface area contributed by atoms with Crippen LogP contribution in [-0.2, 0) is 5.60 Å². The van der Waals surface area contributed by atoms with Crippen LogP contribution in [0.5, 0.6) is 11.5 Å². The van der Waals surface area contributed by atoms with Gasteiger partial charge in [0.05, 0.1) is 7.11 Å². The number of ether oxygens (including phenoxy) is 1. The van der Waals surface area contributed by atoms with Crippen LogP contribution in [0.2, 0.25) is 0 Å². The van der Waals surface area contributed by atoms with E-state index >= 15 is 0 Å². The van der Waals surface area contributed by atoms with Gasteiger partial charge in [0.2, 0.25) is 0 Å². The Hall–Kier alpha value is -1.26. The average Bonchev–Trinajstić information content (AvgIpc) is 2.15. The minimum absolute atomic E-state index is 0.0269. The quantitative estimate of drug-likeness (QED) is 0.630. The zero-order valence-electron chi connectivity index (χ0n) is 7.95. The van der Waals surface area contributed by atoms with E-state index in [2.05, 4.69) is 5.32 Å². The fourth-order valence-electron chi connectivity index (χ4n) is 1.61. The van der Waals surface area contributed by atoms with Gasteiger partial charge in [-0.2, -0.15) is 0 Å². The molecule has 1 fully saturated rings. The number of nitrogens with one attached hydrogen (secondary N) is 1. The summed E-state index contributed by atoms with van der Waals surface area (Å²) in [7, 11) is 1.49. The Kier molecular flexibility index (Phi) is 2.09. The number of aliphatic hydroxyl groups is 1. The Morgan fingerprint density at radius 2 is 2.14 bits per heavy atom. The molecule has 1 saturated heterocycles. The highest BCUT2D eigenvalue weighted by molar-refractivity contribution is 5.49. The molecule has 1 heterocycles. The minimum Gasteiger partial charge on any atom is -0.504 e. The lowest BCUT2D eigenvalue weighted by Gasteiger charge is -2.38. The summed E-state index contributed by atoms with van der Waals surface area (Å²) in [5.41, 5.74) is -0.422. The molecule has 0 aliphatic carbocycles. The Bertz CT molecular complexity index is 347. The zero-order valence-corrected chi connectivity index (χ0v) is 7.95. The maximum Gasteiger partial charge on any atom is 0.163 e. The van der Waals surface area contributed by atoms with E-state index in [1.54, 1.807) is 18.2 Å². The molecule has 1 aliphatic heterocycles. The Balaban J connectivity index is 2.43. The maximum atomic E-state index is 10.0. The number of phenols is 1. The molecule has 1 aromatic rings. The number of phenolic OH excluding ortho intramolecular Hbond substituents is 1. The lowest BCUT2D eigenvalue weighted by Crippen LogP contribution is -2.56. The second-order valence-electron chi connectivity index (χ2n) is 3.49. The van der Waals surface area contributed by atoms with E-state index < -0.39 is 5.60 Å². The van der Waals surface area contributed by atoms with Crippen molar-refractivity contribution in [2.75, 3.05) is 20.2 Å². The maximum absolute atomic E-state index is 10.0. The number of methoxy groups -OCH3 is 1. The van der Waals surface area contributed by atoms with Crippen molar-refractivity contribution in [1.29, 1.82) is 0 Å². The molecular formula is C10H13NO3. The average molecular weight is 195 g/mol. The van der Waals surface area contributed by atoms with Crippen molar-refractivity contribution in [2.24, 2.45) is 0 Å². The second kappa shape index (κ2) is 3.15. The van der Waals surface area contributed by atoms with Gasteiger partial charge >= 0.3 is 0 Å². The normalized spacial score (nSPS) is 18.7. The zero-order chi connectivity index (χ0) is 10.2. The molecule has 0 saturated carbocycles. The topological polar surface area (TPSA) is 61.7 Å². The van der Waals surface area contributed by atoms with Crippen molar-refractivity contribution >= 4 is 0 Å². The third-order valence-electron chi connectivity index (χ3n) is 2.56. The van der Waals surface area contributed by atoms with Gasteiger partial charge in [0.1, 0.15) is 5.60 Å². The first-order valence-electron chi connectivity index (χ1n) is 4.47. The molecule has 4 heteroatoms. The van der Waals surface area contributed by atoms with Gasteiger partial charge in [-0.3, -0.25) is 0 Å². The molecule has 14 heavy (non-hydrogen) atoms. The van der Waals surface area contributed by atoms with E-state index in [-0.39, 0.29) is 5.75 Å². The molecule has 0 aromatic heterocycles. The van der Waals surface area contributed by atoms with Gasteiger partial charge in [0.15, 0.2) is 11.5 Å². The van der Waals surface area contributed by atoms with Crippen LogP contribution >= 0.6 is 0 Å². The number of rotatable bonds is 2. The van der Waals surface area contributed by atoms with E-state index in [1.807, 2.05) is 0 Å². The molecule has 1 aromatic carbocycles. The first-order valence-corrected chi connectivity index (χ1v) is 4.47. The molecule has 0 amide bonds. The van der Waals surface area contributed by atoms with Crippen molar-refractivity contribution in [1.82, 2.24) is 5.32 Å². The number of β-amino-alcohol motifs (C(OH)–C–C–N with tert-alkyl or cyclic N) is 1. The van der Waals surface area contributed by atoms with Gasteiger partial charge < -0.3 is 20.3 Å². The van der Waals surface area contributed by atoms with Gasteiger partial charge in [0.25, 0.3) is 0 Å². The van der Waals surface area contributed by atoms with E-state index in [4.69, 9.17) is 4.74 Å². The Morgan fingerprint density at radius 1 is 1.43 bits per heavy atom. The summed E-state index contributed by atoms with van der Waals surface area (Å²) in [5, 5.41) is 22.7. The van der Waals surface area contributed by atoms with Gasteiger partial charge in [0, 0.05) is 18.7 Å². The molecule has 1 aliphatic rings. The fraction of sp³-hybridized carbons (Fsp3) is 0.400. The molecule has 0 bridgehead atoms. The van der Waals surface area contributed by atoms with Gasteiger partial charge in [-0.1, -0.05) is 12.1 Å². The van der Waals surface area contributed by atoms with Crippen LogP contribution in [0.25, 0.3) is 0 Å². The standard InChI is InChI=1S/C10H13NO3/c1-14-8-4-2-3-7(9(8)12)10(13)5-11-6-10/h2-4,11-13H,5-6H2,1H3. The monoisotopic (exact) mass is 195 g/mol. The van der Waals surface area contributed by atoms with Crippen molar-refractivity contribution < 1.29 is 14.9 Å². The van der Waals surface area contributed by atoms with Crippen LogP contribution < -0.4 is 10.1 Å². The molecule has 3 N–H and O–H groups in total. The molecule has 0 unspecified atom stereocenters. The molecule has 2 rings (SSSR count). The number of benzene rings is 1. The highest BCUT2D eigenvalue weighted by Gasteiger charge is 2.38. The van der Waals surface area contributed by atoms with Gasteiger partial charge in [-0.25, -0.2) is 0 Å². The van der Waals surface area contributed by atoms with Crippen LogP contribution in [0.4, 0.5) is 0 Å². The van der Waals surface area contributed by atoms with Crippen molar-refractivity contribution in [2.45, 2.75) is 5.60 Å². The molecule has 0 radical (unpaired) electrons. The van der Waals surface area contributed by atoms with E-state index in [0.717, 1.165) is 0 Å². The first-order chi connectivity index (χ1) is 6.67. The van der Waals surface area contributed by atoms with Gasteiger partial charge in [-0.05, 0) is 6.07 Å². The SMILES string of the molecule is COc1cccc(C2(O)CNC2)c1O. The van der Waals surface area contributed by atoms with E-state index in [9.17, 15) is 10.2 Å².